The molecule has 5 nitrogen and oxygen atoms in total. The Kier molecular flexibility index (Phi) is 4.51. The number of carboxylic acids is 1. The molecule has 0 saturated heterocycles. The molecule has 20 heavy (non-hydrogen) atoms. The van der Waals surface area contributed by atoms with Gasteiger partial charge in [-0.15, -0.1) is 0 Å². The average molecular weight is 310 g/mol. The van der Waals surface area contributed by atoms with Crippen LogP contribution in [0.4, 0.5) is 5.13 Å². The molecular formula is C13H14N2O3S2. The van der Waals surface area contributed by atoms with Crippen LogP contribution in [0.2, 0.25) is 0 Å². The van der Waals surface area contributed by atoms with Crippen molar-refractivity contribution < 1.29 is 14.6 Å². The highest BCUT2D eigenvalue weighted by atomic mass is 32.2. The van der Waals surface area contributed by atoms with Crippen molar-refractivity contribution in [1.29, 1.82) is 0 Å². The van der Waals surface area contributed by atoms with Crippen LogP contribution in [-0.2, 0) is 9.53 Å². The van der Waals surface area contributed by atoms with Crippen molar-refractivity contribution in [2.24, 2.45) is 5.92 Å². The third-order valence-corrected chi connectivity index (χ3v) is 4.86. The highest BCUT2D eigenvalue weighted by molar-refractivity contribution is 8.04. The Balaban J connectivity index is 2.37. The predicted molar refractivity (Wildman–Crippen MR) is 80.4 cm³/mol. The van der Waals surface area contributed by atoms with E-state index in [1.165, 1.54) is 30.2 Å². The summed E-state index contributed by atoms with van der Waals surface area (Å²) in [5.41, 5.74) is 5.75. The normalized spacial score (nSPS) is 18.7. The number of aliphatic carboxylic acids is 1. The maximum atomic E-state index is 11.3. The summed E-state index contributed by atoms with van der Waals surface area (Å²) in [4.78, 5) is 16.2. The second-order valence-electron chi connectivity index (χ2n) is 4.10. The molecule has 7 heteroatoms. The Hall–Kier alpha value is -1.73. The molecule has 0 fully saturated rings. The average Bonchev–Trinajstić information content (AvgIpc) is 2.73. The van der Waals surface area contributed by atoms with Crippen LogP contribution in [0.15, 0.2) is 44.9 Å². The first-order valence-electron chi connectivity index (χ1n) is 5.81. The molecule has 1 aliphatic rings. The maximum Gasteiger partial charge on any atom is 0.339 e. The zero-order valence-corrected chi connectivity index (χ0v) is 12.6. The monoisotopic (exact) mass is 310 g/mol. The number of anilines is 1. The molecule has 1 atom stereocenters. The zero-order valence-electron chi connectivity index (χ0n) is 11.0. The van der Waals surface area contributed by atoms with Gasteiger partial charge in [0.1, 0.15) is 11.3 Å². The number of carboxylic acid groups (broad SMARTS) is 1. The van der Waals surface area contributed by atoms with Gasteiger partial charge in [-0.1, -0.05) is 36.1 Å². The van der Waals surface area contributed by atoms with Crippen molar-refractivity contribution >= 4 is 34.2 Å². The molecule has 0 spiro atoms. The van der Waals surface area contributed by atoms with E-state index in [-0.39, 0.29) is 11.5 Å². The molecule has 2 rings (SSSR count). The first kappa shape index (κ1) is 14.7. The van der Waals surface area contributed by atoms with E-state index in [0.29, 0.717) is 10.9 Å². The number of thiazole rings is 1. The molecule has 0 saturated carbocycles. The first-order chi connectivity index (χ1) is 9.51. The zero-order chi connectivity index (χ0) is 14.7. The third kappa shape index (κ3) is 3.23. The van der Waals surface area contributed by atoms with Crippen molar-refractivity contribution in [1.82, 2.24) is 4.98 Å². The topological polar surface area (TPSA) is 85.4 Å². The number of nitrogens with zero attached hydrogens (tertiary/aromatic N) is 1. The van der Waals surface area contributed by atoms with E-state index in [2.05, 4.69) is 4.98 Å². The van der Waals surface area contributed by atoms with Gasteiger partial charge in [-0.05, 0) is 17.1 Å². The van der Waals surface area contributed by atoms with Gasteiger partial charge in [-0.25, -0.2) is 9.78 Å². The summed E-state index contributed by atoms with van der Waals surface area (Å²) in [6.45, 7) is 2.00. The fourth-order valence-corrected chi connectivity index (χ4v) is 3.57. The van der Waals surface area contributed by atoms with Gasteiger partial charge in [-0.3, -0.25) is 0 Å². The number of nitrogen functional groups attached to an aromatic ring is 1. The molecule has 0 bridgehead atoms. The van der Waals surface area contributed by atoms with Crippen LogP contribution in [0.5, 0.6) is 0 Å². The number of hydrogen-bond acceptors (Lipinski definition) is 6. The number of aromatic nitrogens is 1. The molecule has 0 amide bonds. The van der Waals surface area contributed by atoms with Crippen LogP contribution in [0.3, 0.4) is 0 Å². The lowest BCUT2D eigenvalue weighted by Crippen LogP contribution is -2.03. The minimum absolute atomic E-state index is 0.0883. The Morgan fingerprint density at radius 2 is 2.35 bits per heavy atom. The van der Waals surface area contributed by atoms with Crippen molar-refractivity contribution in [3.63, 3.8) is 0 Å². The molecule has 0 radical (unpaired) electrons. The third-order valence-electron chi connectivity index (χ3n) is 2.71. The molecular weight excluding hydrogens is 296 g/mol. The van der Waals surface area contributed by atoms with Gasteiger partial charge >= 0.3 is 5.97 Å². The molecule has 1 aliphatic carbocycles. The van der Waals surface area contributed by atoms with Gasteiger partial charge in [-0.2, -0.15) is 0 Å². The van der Waals surface area contributed by atoms with Crippen molar-refractivity contribution in [2.75, 3.05) is 12.8 Å². The minimum Gasteiger partial charge on any atom is -0.496 e. The fourth-order valence-electron chi connectivity index (χ4n) is 1.66. The van der Waals surface area contributed by atoms with Gasteiger partial charge in [0.25, 0.3) is 0 Å². The SMILES string of the molecule is COC1=C(C(=O)O)C=C(Sc2cnc(N)s2)C(C)C=C1. The fraction of sp³-hybridized carbons (Fsp3) is 0.231. The summed E-state index contributed by atoms with van der Waals surface area (Å²) in [6, 6.07) is 0. The largest absolute Gasteiger partial charge is 0.496 e. The highest BCUT2D eigenvalue weighted by Crippen LogP contribution is 2.38. The molecule has 1 aromatic rings. The molecule has 0 aromatic carbocycles. The Labute approximate surface area is 124 Å². The second-order valence-corrected chi connectivity index (χ2v) is 6.54. The number of allylic oxidation sites excluding steroid dienone is 3. The Morgan fingerprint density at radius 3 is 2.90 bits per heavy atom. The molecule has 0 aliphatic heterocycles. The number of ether oxygens (including phenoxy) is 1. The predicted octanol–water partition coefficient (Wildman–Crippen LogP) is 2.89. The number of rotatable bonds is 4. The molecule has 106 valence electrons. The minimum atomic E-state index is -1.01. The van der Waals surface area contributed by atoms with E-state index in [1.54, 1.807) is 18.3 Å². The number of thioether (sulfide) groups is 1. The van der Waals surface area contributed by atoms with Gasteiger partial charge in [0, 0.05) is 5.92 Å². The lowest BCUT2D eigenvalue weighted by Gasteiger charge is -2.09. The summed E-state index contributed by atoms with van der Waals surface area (Å²) in [7, 11) is 1.46. The van der Waals surface area contributed by atoms with Crippen LogP contribution < -0.4 is 5.73 Å². The number of methoxy groups -OCH3 is 1. The van der Waals surface area contributed by atoms with Gasteiger partial charge in [0.15, 0.2) is 5.13 Å². The molecule has 1 heterocycles. The number of carbonyl (C=O) groups is 1. The van der Waals surface area contributed by atoms with E-state index in [4.69, 9.17) is 10.5 Å². The van der Waals surface area contributed by atoms with E-state index in [0.717, 1.165) is 9.11 Å². The smallest absolute Gasteiger partial charge is 0.339 e. The Bertz CT molecular complexity index is 617. The van der Waals surface area contributed by atoms with E-state index in [9.17, 15) is 9.90 Å². The molecule has 1 unspecified atom stereocenters. The van der Waals surface area contributed by atoms with Crippen LogP contribution in [-0.4, -0.2) is 23.2 Å². The van der Waals surface area contributed by atoms with Crippen molar-refractivity contribution in [3.05, 3.63) is 40.7 Å². The van der Waals surface area contributed by atoms with E-state index in [1.807, 2.05) is 13.0 Å². The number of hydrogen-bond donors (Lipinski definition) is 2. The summed E-state index contributed by atoms with van der Waals surface area (Å²) in [5.74, 6) is -0.573. The lowest BCUT2D eigenvalue weighted by atomic mass is 10.1. The van der Waals surface area contributed by atoms with E-state index >= 15 is 0 Å². The van der Waals surface area contributed by atoms with Crippen LogP contribution in [0.1, 0.15) is 6.92 Å². The standard InChI is InChI=1S/C13H14N2O3S2/c1-7-3-4-9(18-2)8(12(16)17)5-10(7)19-11-6-15-13(14)20-11/h3-7H,1-2H3,(H2,14,15)(H,16,17). The summed E-state index contributed by atoms with van der Waals surface area (Å²) < 4.78 is 6.05. The Morgan fingerprint density at radius 1 is 1.60 bits per heavy atom. The van der Waals surface area contributed by atoms with Crippen LogP contribution >= 0.6 is 23.1 Å². The molecule has 3 N–H and O–H groups in total. The summed E-state index contributed by atoms with van der Waals surface area (Å²) in [6.07, 6.45) is 6.94. The summed E-state index contributed by atoms with van der Waals surface area (Å²) >= 11 is 2.85. The van der Waals surface area contributed by atoms with Crippen LogP contribution in [0.25, 0.3) is 0 Å². The quantitative estimate of drug-likeness (QED) is 0.889. The summed E-state index contributed by atoms with van der Waals surface area (Å²) in [5, 5.41) is 9.78. The van der Waals surface area contributed by atoms with Gasteiger partial charge < -0.3 is 15.6 Å². The second kappa shape index (κ2) is 6.15. The lowest BCUT2D eigenvalue weighted by molar-refractivity contribution is -0.132. The van der Waals surface area contributed by atoms with E-state index < -0.39 is 5.97 Å². The van der Waals surface area contributed by atoms with Crippen molar-refractivity contribution in [2.45, 2.75) is 11.1 Å². The maximum absolute atomic E-state index is 11.3. The van der Waals surface area contributed by atoms with Gasteiger partial charge in [0.2, 0.25) is 0 Å². The first-order valence-corrected chi connectivity index (χ1v) is 7.45. The van der Waals surface area contributed by atoms with Crippen LogP contribution in [0, 0.1) is 5.92 Å². The number of nitrogens with two attached hydrogens (primary N) is 1. The molecule has 1 aromatic heterocycles. The van der Waals surface area contributed by atoms with Gasteiger partial charge in [0.05, 0.1) is 17.5 Å². The highest BCUT2D eigenvalue weighted by Gasteiger charge is 2.19. The van der Waals surface area contributed by atoms with Crippen molar-refractivity contribution in [3.8, 4) is 0 Å².